The first-order chi connectivity index (χ1) is 34.2. The summed E-state index contributed by atoms with van der Waals surface area (Å²) in [6.07, 6.45) is -7.01. The molecular formula is C57H77NO13Si2. The van der Waals surface area contributed by atoms with Crippen LogP contribution in [-0.4, -0.2) is 110 Å². The second-order valence-electron chi connectivity index (χ2n) is 22.9. The molecule has 14 nitrogen and oxygen atoms in total. The number of rotatable bonds is 17. The molecule has 2 saturated carbocycles. The van der Waals surface area contributed by atoms with Gasteiger partial charge < -0.3 is 43.7 Å². The third-order valence-corrected chi connectivity index (χ3v) is 26.2. The Kier molecular flexibility index (Phi) is 15.9. The van der Waals surface area contributed by atoms with Gasteiger partial charge in [-0.1, -0.05) is 115 Å². The number of ether oxygens (including phenoxy) is 4. The van der Waals surface area contributed by atoms with E-state index < -0.39 is 128 Å². The molecule has 0 aromatic heterocycles. The summed E-state index contributed by atoms with van der Waals surface area (Å²) in [6, 6.07) is 27.0. The van der Waals surface area contributed by atoms with E-state index >= 15 is 9.59 Å². The number of aliphatic hydroxyl groups is 2. The fourth-order valence-corrected chi connectivity index (χ4v) is 16.1. The van der Waals surface area contributed by atoms with Crippen LogP contribution in [0.25, 0.3) is 0 Å². The molecule has 7 rings (SSSR count). The number of benzene rings is 3. The molecule has 16 heteroatoms. The van der Waals surface area contributed by atoms with Crippen molar-refractivity contribution in [2.45, 2.75) is 173 Å². The highest BCUT2D eigenvalue weighted by molar-refractivity contribution is 6.73. The number of carbonyl (C=O) groups is 5. The molecule has 1 heterocycles. The normalized spacial score (nSPS) is 29.7. The topological polar surface area (TPSA) is 204 Å². The Labute approximate surface area is 432 Å². The number of esters is 3. The number of Topliss-reactive ketones (excluding diaryl/α,β-unsaturated/α-hetero) is 1. The number of hydrogen-bond acceptors (Lipinski definition) is 13. The third kappa shape index (κ3) is 9.86. The van der Waals surface area contributed by atoms with Crippen LogP contribution in [0.1, 0.15) is 121 Å². The van der Waals surface area contributed by atoms with E-state index in [1.807, 2.05) is 19.9 Å². The molecule has 4 aliphatic rings. The van der Waals surface area contributed by atoms with Crippen molar-refractivity contribution in [3.63, 3.8) is 0 Å². The number of carbonyl (C=O) groups excluding carboxylic acids is 5. The van der Waals surface area contributed by atoms with Crippen molar-refractivity contribution in [1.29, 1.82) is 0 Å². The van der Waals surface area contributed by atoms with E-state index in [4.69, 9.17) is 23.4 Å². The lowest BCUT2D eigenvalue weighted by atomic mass is 9.44. The van der Waals surface area contributed by atoms with E-state index in [1.165, 1.54) is 6.92 Å². The summed E-state index contributed by atoms with van der Waals surface area (Å²) in [6.45, 7) is 21.2. The highest BCUT2D eigenvalue weighted by atomic mass is 28.4. The highest BCUT2D eigenvalue weighted by Crippen LogP contribution is 2.65. The van der Waals surface area contributed by atoms with Crippen LogP contribution in [0.2, 0.25) is 36.3 Å². The number of nitrogens with one attached hydrogen (secondary N) is 1. The predicted molar refractivity (Wildman–Crippen MR) is 280 cm³/mol. The first-order valence-corrected chi connectivity index (χ1v) is 31.4. The Morgan fingerprint density at radius 2 is 1.41 bits per heavy atom. The Morgan fingerprint density at radius 3 is 1.92 bits per heavy atom. The van der Waals surface area contributed by atoms with E-state index in [-0.39, 0.29) is 30.6 Å². The number of aliphatic hydroxyl groups excluding tert-OH is 1. The Morgan fingerprint density at radius 1 is 0.863 bits per heavy atom. The molecule has 1 aliphatic heterocycles. The van der Waals surface area contributed by atoms with E-state index in [0.29, 0.717) is 34.8 Å². The lowest BCUT2D eigenvalue weighted by molar-refractivity contribution is -0.344. The minimum Gasteiger partial charge on any atom is -0.457 e. The van der Waals surface area contributed by atoms with Gasteiger partial charge in [-0.25, -0.2) is 4.79 Å². The Bertz CT molecular complexity index is 2550. The van der Waals surface area contributed by atoms with Crippen molar-refractivity contribution in [2.75, 3.05) is 6.61 Å². The molecule has 73 heavy (non-hydrogen) atoms. The van der Waals surface area contributed by atoms with Gasteiger partial charge in [0, 0.05) is 30.7 Å². The average Bonchev–Trinajstić information content (AvgIpc) is 3.35. The summed E-state index contributed by atoms with van der Waals surface area (Å²) < 4.78 is 33.4. The zero-order chi connectivity index (χ0) is 53.7. The van der Waals surface area contributed by atoms with Gasteiger partial charge in [-0.2, -0.15) is 0 Å². The minimum atomic E-state index is -3.06. The molecule has 0 spiro atoms. The van der Waals surface area contributed by atoms with Crippen molar-refractivity contribution >= 4 is 46.2 Å². The van der Waals surface area contributed by atoms with E-state index in [2.05, 4.69) is 26.1 Å². The smallest absolute Gasteiger partial charge is 0.338 e. The maximum atomic E-state index is 16.1. The van der Waals surface area contributed by atoms with E-state index in [1.54, 1.807) is 126 Å². The minimum absolute atomic E-state index is 0.0545. The zero-order valence-corrected chi connectivity index (χ0v) is 46.7. The molecule has 1 saturated heterocycles. The van der Waals surface area contributed by atoms with Crippen LogP contribution in [0.15, 0.2) is 102 Å². The summed E-state index contributed by atoms with van der Waals surface area (Å²) in [7, 11) is -5.66. The van der Waals surface area contributed by atoms with Crippen LogP contribution in [0, 0.1) is 22.7 Å². The summed E-state index contributed by atoms with van der Waals surface area (Å²) in [5.41, 5.74) is -5.82. The molecule has 3 aromatic rings. The number of hydrogen-bond donors (Lipinski definition) is 4. The molecule has 0 radical (unpaired) electrons. The lowest BCUT2D eigenvalue weighted by Gasteiger charge is -2.68. The molecule has 4 N–H and O–H groups in total. The monoisotopic (exact) mass is 1040 g/mol. The summed E-state index contributed by atoms with van der Waals surface area (Å²) >= 11 is 0. The number of ketones is 1. The molecule has 1 amide bonds. The average molecular weight is 1040 g/mol. The second-order valence-corrected chi connectivity index (χ2v) is 32.1. The van der Waals surface area contributed by atoms with Crippen molar-refractivity contribution in [3.05, 3.63) is 119 Å². The standard InChI is InChI=1S/C57H77NO13Si2/c1-13-73(14-2,15-3)71-42-31-43-56(34-67-43,70-36(5)59)47-49(69-51(63)39-29-23-18-24-30-39)57(65)33-41(35(4)44(54(57,8)9)46(60)48(61)55(42,47)10)68-52(64)40(32-53(6,7)72(11,12)66)45(37-25-19-16-20-26-37)58-50(62)38-27-21-17-22-28-38/h16-30,40-43,45-47,49,60,65-66H,13-15,31-34H2,1-12H3,(H,58,62)/t40-,41+,42+,43-,45+,46-,47+,49+,55-,56+,57-/m1/s1. The van der Waals surface area contributed by atoms with Crippen molar-refractivity contribution in [3.8, 4) is 0 Å². The van der Waals surface area contributed by atoms with Crippen LogP contribution in [0.5, 0.6) is 0 Å². The summed E-state index contributed by atoms with van der Waals surface area (Å²) in [4.78, 5) is 85.7. The zero-order valence-electron chi connectivity index (χ0n) is 44.7. The second kappa shape index (κ2) is 20.7. The SMILES string of the molecule is CC[Si](CC)(CC)O[C@H]1C[C@H]2OC[C@@]2(OC(C)=O)[C@H]2[C@H](OC(=O)c3ccccc3)[C@]3(O)C[C@H](OC(=O)[C@H](CC(C)(C)[Si](C)(C)O)[C@@H](NC(=O)c4ccccc4)c4ccccc4)C(C)=C([C@@H](O)C(=O)[C@]12C)C3(C)C. The van der Waals surface area contributed by atoms with Crippen LogP contribution in [-0.2, 0) is 37.8 Å². The first-order valence-electron chi connectivity index (χ1n) is 25.9. The largest absolute Gasteiger partial charge is 0.457 e. The molecule has 3 aromatic carbocycles. The van der Waals surface area contributed by atoms with Crippen molar-refractivity contribution < 1.29 is 62.4 Å². The van der Waals surface area contributed by atoms with Crippen molar-refractivity contribution in [2.24, 2.45) is 22.7 Å². The quantitative estimate of drug-likeness (QED) is 0.0433. The van der Waals surface area contributed by atoms with Gasteiger partial charge in [0.05, 0.1) is 41.6 Å². The molecular weight excluding hydrogens is 963 g/mol. The number of fused-ring (bicyclic) bond motifs is 5. The van der Waals surface area contributed by atoms with Gasteiger partial charge in [0.15, 0.2) is 28.0 Å². The predicted octanol–water partition coefficient (Wildman–Crippen LogP) is 8.82. The molecule has 3 fully saturated rings. The molecule has 11 atom stereocenters. The summed E-state index contributed by atoms with van der Waals surface area (Å²) in [5, 5.41) is 29.5. The van der Waals surface area contributed by atoms with Gasteiger partial charge in [-0.3, -0.25) is 19.2 Å². The third-order valence-electron chi connectivity index (χ3n) is 18.0. The fourth-order valence-electron chi connectivity index (χ4n) is 12.5. The van der Waals surface area contributed by atoms with Crippen LogP contribution >= 0.6 is 0 Å². The van der Waals surface area contributed by atoms with E-state index in [9.17, 15) is 29.4 Å². The van der Waals surface area contributed by atoms with E-state index in [0.717, 1.165) is 0 Å². The van der Waals surface area contributed by atoms with Gasteiger partial charge in [-0.15, -0.1) is 0 Å². The van der Waals surface area contributed by atoms with Crippen LogP contribution in [0.4, 0.5) is 0 Å². The van der Waals surface area contributed by atoms with Gasteiger partial charge in [0.25, 0.3) is 5.91 Å². The molecule has 3 aliphatic carbocycles. The Hall–Kier alpha value is -4.82. The van der Waals surface area contributed by atoms with Crippen molar-refractivity contribution in [1.82, 2.24) is 5.32 Å². The highest BCUT2D eigenvalue weighted by Gasteiger charge is 2.78. The van der Waals surface area contributed by atoms with Gasteiger partial charge in [0.1, 0.15) is 30.0 Å². The first kappa shape index (κ1) is 55.9. The van der Waals surface area contributed by atoms with Gasteiger partial charge in [0.2, 0.25) is 0 Å². The van der Waals surface area contributed by atoms with Gasteiger partial charge in [-0.05, 0) is 97.5 Å². The summed E-state index contributed by atoms with van der Waals surface area (Å²) in [5.74, 6) is -5.96. The fraction of sp³-hybridized carbons (Fsp3) is 0.561. The van der Waals surface area contributed by atoms with Crippen LogP contribution < -0.4 is 5.32 Å². The maximum Gasteiger partial charge on any atom is 0.338 e. The van der Waals surface area contributed by atoms with Crippen LogP contribution in [0.3, 0.4) is 0 Å². The molecule has 0 unspecified atom stereocenters. The number of amides is 1. The lowest BCUT2D eigenvalue weighted by Crippen LogP contribution is -2.82. The van der Waals surface area contributed by atoms with Gasteiger partial charge >= 0.3 is 17.9 Å². The maximum absolute atomic E-state index is 16.1. The Balaban J connectivity index is 1.44. The molecule has 2 bridgehead atoms. The molecule has 396 valence electrons.